The van der Waals surface area contributed by atoms with E-state index in [2.05, 4.69) is 33.9 Å². The molecular formula is C24H29N3O4S. The largest absolute Gasteiger partial charge is 0.497 e. The first kappa shape index (κ1) is 22.4. The summed E-state index contributed by atoms with van der Waals surface area (Å²) >= 11 is 0. The molecule has 1 N–H and O–H groups in total. The fraction of sp³-hybridized carbons (Fsp3) is 0.333. The van der Waals surface area contributed by atoms with Gasteiger partial charge in [0, 0.05) is 44.6 Å². The number of aryl methyl sites for hydroxylation is 1. The summed E-state index contributed by atoms with van der Waals surface area (Å²) in [6, 6.07) is 17.1. The van der Waals surface area contributed by atoms with Crippen LogP contribution >= 0.6 is 0 Å². The van der Waals surface area contributed by atoms with Gasteiger partial charge in [0.1, 0.15) is 16.4 Å². The first-order chi connectivity index (χ1) is 15.4. The maximum absolute atomic E-state index is 13.2. The Morgan fingerprint density at radius 3 is 2.50 bits per heavy atom. The lowest BCUT2D eigenvalue weighted by Gasteiger charge is -2.36. The van der Waals surface area contributed by atoms with Crippen molar-refractivity contribution in [2.75, 3.05) is 27.3 Å². The van der Waals surface area contributed by atoms with Crippen molar-refractivity contribution in [1.29, 1.82) is 0 Å². The van der Waals surface area contributed by atoms with Crippen LogP contribution in [0.15, 0.2) is 65.7 Å². The van der Waals surface area contributed by atoms with Gasteiger partial charge in [0.15, 0.2) is 0 Å². The van der Waals surface area contributed by atoms with Gasteiger partial charge in [0.2, 0.25) is 10.0 Å². The number of benzene rings is 2. The van der Waals surface area contributed by atoms with Crippen LogP contribution in [0.3, 0.4) is 0 Å². The second kappa shape index (κ2) is 9.36. The highest BCUT2D eigenvalue weighted by Gasteiger charge is 2.29. The summed E-state index contributed by atoms with van der Waals surface area (Å²) in [7, 11) is 1.17. The summed E-state index contributed by atoms with van der Waals surface area (Å²) in [5, 5.41) is 0. The predicted molar refractivity (Wildman–Crippen MR) is 123 cm³/mol. The van der Waals surface area contributed by atoms with E-state index in [4.69, 9.17) is 9.47 Å². The maximum atomic E-state index is 13.2. The predicted octanol–water partition coefficient (Wildman–Crippen LogP) is 3.12. The highest BCUT2D eigenvalue weighted by Crippen LogP contribution is 2.30. The summed E-state index contributed by atoms with van der Waals surface area (Å²) in [6.45, 7) is 1.89. The van der Waals surface area contributed by atoms with Crippen LogP contribution < -0.4 is 14.2 Å². The van der Waals surface area contributed by atoms with Crippen LogP contribution in [-0.2, 0) is 30.0 Å². The molecule has 4 rings (SSSR count). The van der Waals surface area contributed by atoms with Crippen LogP contribution in [0.25, 0.3) is 0 Å². The Bertz CT molecular complexity index is 1190. The van der Waals surface area contributed by atoms with Crippen molar-refractivity contribution >= 4 is 10.0 Å². The molecule has 1 unspecified atom stereocenters. The van der Waals surface area contributed by atoms with E-state index in [0.717, 1.165) is 25.2 Å². The van der Waals surface area contributed by atoms with Crippen molar-refractivity contribution in [3.8, 4) is 11.5 Å². The van der Waals surface area contributed by atoms with Gasteiger partial charge in [-0.15, -0.1) is 0 Å². The van der Waals surface area contributed by atoms with Crippen LogP contribution in [0, 0.1) is 0 Å². The molecular weight excluding hydrogens is 426 g/mol. The lowest BCUT2D eigenvalue weighted by molar-refractivity contribution is 0.174. The average molecular weight is 456 g/mol. The summed E-state index contributed by atoms with van der Waals surface area (Å²) < 4.78 is 41.8. The van der Waals surface area contributed by atoms with E-state index in [9.17, 15) is 8.42 Å². The Hall–Kier alpha value is -2.81. The second-order valence-electron chi connectivity index (χ2n) is 7.92. The molecule has 0 radical (unpaired) electrons. The molecule has 0 bridgehead atoms. The van der Waals surface area contributed by atoms with Crippen LogP contribution in [-0.4, -0.2) is 45.2 Å². The van der Waals surface area contributed by atoms with E-state index in [1.54, 1.807) is 12.1 Å². The zero-order valence-corrected chi connectivity index (χ0v) is 19.4. The van der Waals surface area contributed by atoms with Gasteiger partial charge in [-0.05, 0) is 41.8 Å². The number of sulfonamides is 1. The fourth-order valence-electron chi connectivity index (χ4n) is 4.29. The molecule has 0 saturated carbocycles. The molecule has 0 spiro atoms. The van der Waals surface area contributed by atoms with E-state index < -0.39 is 10.0 Å². The molecule has 8 heteroatoms. The number of hydrogen-bond acceptors (Lipinski definition) is 5. The van der Waals surface area contributed by atoms with Gasteiger partial charge in [-0.2, -0.15) is 0 Å². The molecule has 0 fully saturated rings. The van der Waals surface area contributed by atoms with Gasteiger partial charge in [0.25, 0.3) is 0 Å². The zero-order valence-electron chi connectivity index (χ0n) is 18.6. The average Bonchev–Trinajstić information content (AvgIpc) is 3.24. The van der Waals surface area contributed by atoms with Gasteiger partial charge in [-0.25, -0.2) is 13.1 Å². The minimum Gasteiger partial charge on any atom is -0.497 e. The summed E-state index contributed by atoms with van der Waals surface area (Å²) in [5.74, 6) is 0.786. The molecule has 2 aromatic carbocycles. The summed E-state index contributed by atoms with van der Waals surface area (Å²) in [4.78, 5) is 2.43. The molecule has 1 aromatic heterocycles. The normalized spacial score (nSPS) is 15.2. The molecule has 2 heterocycles. The molecule has 0 saturated heterocycles. The summed E-state index contributed by atoms with van der Waals surface area (Å²) in [6.07, 6.45) is 2.93. The Balaban J connectivity index is 1.60. The Morgan fingerprint density at radius 1 is 1.03 bits per heavy atom. The van der Waals surface area contributed by atoms with Gasteiger partial charge < -0.3 is 14.0 Å². The van der Waals surface area contributed by atoms with Crippen molar-refractivity contribution in [3.63, 3.8) is 0 Å². The van der Waals surface area contributed by atoms with Crippen LogP contribution in [0.1, 0.15) is 22.9 Å². The molecule has 7 nitrogen and oxygen atoms in total. The van der Waals surface area contributed by atoms with E-state index in [0.29, 0.717) is 5.75 Å². The third-order valence-electron chi connectivity index (χ3n) is 6.05. The van der Waals surface area contributed by atoms with E-state index in [-0.39, 0.29) is 23.2 Å². The number of methoxy groups -OCH3 is 2. The first-order valence-corrected chi connectivity index (χ1v) is 12.0. The molecule has 0 amide bonds. The lowest BCUT2D eigenvalue weighted by atomic mass is 9.98. The topological polar surface area (TPSA) is 72.8 Å². The molecule has 1 aliphatic heterocycles. The molecule has 1 atom stereocenters. The number of aromatic nitrogens is 1. The monoisotopic (exact) mass is 455 g/mol. The smallest absolute Gasteiger partial charge is 0.244 e. The van der Waals surface area contributed by atoms with E-state index >= 15 is 0 Å². The standard InChI is InChI=1S/C24H29N3O4S/c1-26-13-6-9-21(26)22(27-14-12-18-7-4-5-8-19(18)17-27)16-25-32(28,29)24-11-10-20(30-2)15-23(24)31-3/h4-11,13,15,22,25H,12,14,16-17H2,1-3H3. The fourth-order valence-corrected chi connectivity index (χ4v) is 5.48. The van der Waals surface area contributed by atoms with Gasteiger partial charge >= 0.3 is 0 Å². The van der Waals surface area contributed by atoms with Gasteiger partial charge in [-0.3, -0.25) is 4.90 Å². The number of rotatable bonds is 8. The highest BCUT2D eigenvalue weighted by molar-refractivity contribution is 7.89. The van der Waals surface area contributed by atoms with Gasteiger partial charge in [0.05, 0.1) is 20.3 Å². The van der Waals surface area contributed by atoms with Crippen molar-refractivity contribution in [2.45, 2.75) is 23.9 Å². The molecule has 3 aromatic rings. The third kappa shape index (κ3) is 4.53. The number of nitrogens with zero attached hydrogens (tertiary/aromatic N) is 2. The van der Waals surface area contributed by atoms with Gasteiger partial charge in [-0.1, -0.05) is 24.3 Å². The van der Waals surface area contributed by atoms with E-state index in [1.807, 2.05) is 29.9 Å². The van der Waals surface area contributed by atoms with Crippen LogP contribution in [0.2, 0.25) is 0 Å². The van der Waals surface area contributed by atoms with Crippen molar-refractivity contribution < 1.29 is 17.9 Å². The second-order valence-corrected chi connectivity index (χ2v) is 9.65. The Morgan fingerprint density at radius 2 is 1.81 bits per heavy atom. The third-order valence-corrected chi connectivity index (χ3v) is 7.52. The van der Waals surface area contributed by atoms with Crippen molar-refractivity contribution in [1.82, 2.24) is 14.2 Å². The number of hydrogen-bond donors (Lipinski definition) is 1. The van der Waals surface area contributed by atoms with Crippen LogP contribution in [0.5, 0.6) is 11.5 Å². The summed E-state index contributed by atoms with van der Waals surface area (Å²) in [5.41, 5.74) is 3.71. The molecule has 0 aliphatic carbocycles. The molecule has 32 heavy (non-hydrogen) atoms. The minimum atomic E-state index is -3.79. The first-order valence-electron chi connectivity index (χ1n) is 10.6. The minimum absolute atomic E-state index is 0.0930. The Kier molecular flexibility index (Phi) is 6.55. The number of fused-ring (bicyclic) bond motifs is 1. The highest BCUT2D eigenvalue weighted by atomic mass is 32.2. The number of ether oxygens (including phenoxy) is 2. The maximum Gasteiger partial charge on any atom is 0.244 e. The quantitative estimate of drug-likeness (QED) is 0.565. The van der Waals surface area contributed by atoms with E-state index in [1.165, 1.54) is 31.4 Å². The molecule has 170 valence electrons. The van der Waals surface area contributed by atoms with Crippen molar-refractivity contribution in [2.24, 2.45) is 7.05 Å². The van der Waals surface area contributed by atoms with Crippen molar-refractivity contribution in [3.05, 3.63) is 77.6 Å². The lowest BCUT2D eigenvalue weighted by Crippen LogP contribution is -2.41. The van der Waals surface area contributed by atoms with Crippen LogP contribution in [0.4, 0.5) is 0 Å². The Labute approximate surface area is 189 Å². The SMILES string of the molecule is COc1ccc(S(=O)(=O)NCC(c2cccn2C)N2CCc3ccccc3C2)c(OC)c1. The molecule has 1 aliphatic rings. The zero-order chi connectivity index (χ0) is 22.7. The number of nitrogens with one attached hydrogen (secondary N) is 1.